The van der Waals surface area contributed by atoms with Gasteiger partial charge in [0.2, 0.25) is 11.2 Å². The average molecular weight is 297 g/mol. The Morgan fingerprint density at radius 2 is 2.09 bits per heavy atom. The van der Waals surface area contributed by atoms with E-state index in [9.17, 15) is 9.59 Å². The Labute approximate surface area is 125 Å². The molecule has 0 unspecified atom stereocenters. The van der Waals surface area contributed by atoms with Gasteiger partial charge in [0.15, 0.2) is 0 Å². The van der Waals surface area contributed by atoms with Gasteiger partial charge in [-0.15, -0.1) is 0 Å². The van der Waals surface area contributed by atoms with Crippen LogP contribution in [0.2, 0.25) is 0 Å². The van der Waals surface area contributed by atoms with Crippen molar-refractivity contribution in [2.45, 2.75) is 6.61 Å². The smallest absolute Gasteiger partial charge is 0.346 e. The summed E-state index contributed by atoms with van der Waals surface area (Å²) in [4.78, 5) is 22.6. The van der Waals surface area contributed by atoms with Crippen molar-refractivity contribution in [2.75, 3.05) is 0 Å². The summed E-state index contributed by atoms with van der Waals surface area (Å²) in [7, 11) is 0. The zero-order valence-corrected chi connectivity index (χ0v) is 11.4. The van der Waals surface area contributed by atoms with E-state index in [-0.39, 0.29) is 18.1 Å². The summed E-state index contributed by atoms with van der Waals surface area (Å²) in [5, 5.41) is 17.4. The average Bonchev–Trinajstić information content (AvgIpc) is 2.52. The molecule has 0 fully saturated rings. The first-order chi connectivity index (χ1) is 10.6. The molecule has 6 heteroatoms. The molecule has 6 nitrogen and oxygen atoms in total. The van der Waals surface area contributed by atoms with E-state index in [4.69, 9.17) is 19.5 Å². The van der Waals surface area contributed by atoms with Crippen LogP contribution in [0.1, 0.15) is 11.3 Å². The summed E-state index contributed by atoms with van der Waals surface area (Å²) in [6.45, 7) is 0.208. The standard InChI is InChI=1S/C16H11NO5/c17-8-12(16(19)20)6-13-7-14(18)15(10-21-13)22-9-11-4-2-1-3-5-11/h1-7,10H,9H2,(H,19,20)/b12-6+. The molecule has 22 heavy (non-hydrogen) atoms. The van der Waals surface area contributed by atoms with Crippen LogP contribution in [0, 0.1) is 11.3 Å². The predicted molar refractivity (Wildman–Crippen MR) is 77.0 cm³/mol. The maximum Gasteiger partial charge on any atom is 0.346 e. The lowest BCUT2D eigenvalue weighted by molar-refractivity contribution is -0.132. The zero-order valence-electron chi connectivity index (χ0n) is 11.4. The second kappa shape index (κ2) is 6.90. The molecule has 1 aromatic heterocycles. The van der Waals surface area contributed by atoms with E-state index in [1.807, 2.05) is 30.3 Å². The summed E-state index contributed by atoms with van der Waals surface area (Å²) < 4.78 is 10.4. The van der Waals surface area contributed by atoms with Crippen LogP contribution < -0.4 is 10.2 Å². The summed E-state index contributed by atoms with van der Waals surface area (Å²) in [6.07, 6.45) is 2.07. The van der Waals surface area contributed by atoms with Crippen molar-refractivity contribution in [1.82, 2.24) is 0 Å². The minimum absolute atomic E-state index is 0.00911. The number of carbonyl (C=O) groups is 1. The van der Waals surface area contributed by atoms with Gasteiger partial charge in [-0.2, -0.15) is 5.26 Å². The van der Waals surface area contributed by atoms with E-state index in [1.54, 1.807) is 0 Å². The third-order valence-corrected chi connectivity index (χ3v) is 2.69. The molecule has 0 aliphatic rings. The van der Waals surface area contributed by atoms with Crippen LogP contribution in [0.15, 0.2) is 57.4 Å². The van der Waals surface area contributed by atoms with Gasteiger partial charge in [0.1, 0.15) is 30.3 Å². The summed E-state index contributed by atoms with van der Waals surface area (Å²) in [5.41, 5.74) is -0.0965. The monoisotopic (exact) mass is 297 g/mol. The molecule has 0 saturated carbocycles. The van der Waals surface area contributed by atoms with Crippen molar-refractivity contribution in [2.24, 2.45) is 0 Å². The largest absolute Gasteiger partial charge is 0.482 e. The minimum Gasteiger partial charge on any atom is -0.482 e. The Kier molecular flexibility index (Phi) is 4.73. The molecular weight excluding hydrogens is 286 g/mol. The van der Waals surface area contributed by atoms with Crippen LogP contribution in [-0.2, 0) is 11.4 Å². The quantitative estimate of drug-likeness (QED) is 0.670. The number of aliphatic carboxylic acids is 1. The molecular formula is C16H11NO5. The van der Waals surface area contributed by atoms with E-state index in [0.717, 1.165) is 24.0 Å². The number of nitrogens with zero attached hydrogens (tertiary/aromatic N) is 1. The van der Waals surface area contributed by atoms with Crippen molar-refractivity contribution in [1.29, 1.82) is 5.26 Å². The number of nitriles is 1. The van der Waals surface area contributed by atoms with Crippen LogP contribution in [-0.4, -0.2) is 11.1 Å². The molecule has 0 aliphatic heterocycles. The van der Waals surface area contributed by atoms with Gasteiger partial charge in [-0.1, -0.05) is 30.3 Å². The van der Waals surface area contributed by atoms with Gasteiger partial charge in [-0.05, 0) is 5.56 Å². The highest BCUT2D eigenvalue weighted by atomic mass is 16.5. The lowest BCUT2D eigenvalue weighted by Crippen LogP contribution is -2.07. The van der Waals surface area contributed by atoms with Gasteiger partial charge in [0.25, 0.3) is 0 Å². The first-order valence-corrected chi connectivity index (χ1v) is 6.25. The molecule has 1 N–H and O–H groups in total. The molecule has 1 aromatic carbocycles. The highest BCUT2D eigenvalue weighted by Gasteiger charge is 2.09. The van der Waals surface area contributed by atoms with E-state index >= 15 is 0 Å². The molecule has 0 spiro atoms. The first kappa shape index (κ1) is 15.1. The maximum absolute atomic E-state index is 11.9. The minimum atomic E-state index is -1.39. The van der Waals surface area contributed by atoms with E-state index in [0.29, 0.717) is 0 Å². The molecule has 0 bridgehead atoms. The number of hydrogen-bond acceptors (Lipinski definition) is 5. The second-order valence-corrected chi connectivity index (χ2v) is 4.26. The van der Waals surface area contributed by atoms with Crippen molar-refractivity contribution < 1.29 is 19.1 Å². The molecule has 2 aromatic rings. The van der Waals surface area contributed by atoms with Gasteiger partial charge in [-0.25, -0.2) is 4.79 Å². The number of carboxylic acids is 1. The zero-order chi connectivity index (χ0) is 15.9. The van der Waals surface area contributed by atoms with E-state index in [1.165, 1.54) is 6.07 Å². The third kappa shape index (κ3) is 3.84. The molecule has 0 aliphatic carbocycles. The third-order valence-electron chi connectivity index (χ3n) is 2.69. The van der Waals surface area contributed by atoms with E-state index < -0.39 is 17.0 Å². The highest BCUT2D eigenvalue weighted by molar-refractivity contribution is 5.96. The molecule has 0 amide bonds. The highest BCUT2D eigenvalue weighted by Crippen LogP contribution is 2.11. The lowest BCUT2D eigenvalue weighted by atomic mass is 10.2. The Morgan fingerprint density at radius 3 is 2.68 bits per heavy atom. The topological polar surface area (TPSA) is 101 Å². The second-order valence-electron chi connectivity index (χ2n) is 4.26. The number of ether oxygens (including phenoxy) is 1. The van der Waals surface area contributed by atoms with Crippen molar-refractivity contribution in [3.05, 3.63) is 69.8 Å². The van der Waals surface area contributed by atoms with Gasteiger partial charge in [0.05, 0.1) is 0 Å². The van der Waals surface area contributed by atoms with E-state index in [2.05, 4.69) is 0 Å². The summed E-state index contributed by atoms with van der Waals surface area (Å²) >= 11 is 0. The summed E-state index contributed by atoms with van der Waals surface area (Å²) in [6, 6.07) is 11.8. The normalized spacial score (nSPS) is 10.8. The Bertz CT molecular complexity index is 799. The van der Waals surface area contributed by atoms with Gasteiger partial charge >= 0.3 is 5.97 Å². The molecule has 1 heterocycles. The summed E-state index contributed by atoms with van der Waals surface area (Å²) in [5.74, 6) is -1.42. The molecule has 2 rings (SSSR count). The number of rotatable bonds is 5. The maximum atomic E-state index is 11.9. The number of benzene rings is 1. The van der Waals surface area contributed by atoms with Crippen molar-refractivity contribution >= 4 is 12.0 Å². The number of hydrogen-bond donors (Lipinski definition) is 1. The predicted octanol–water partition coefficient (Wildman–Crippen LogP) is 2.21. The Morgan fingerprint density at radius 1 is 1.36 bits per heavy atom. The SMILES string of the molecule is N#C/C(=C\c1cc(=O)c(OCc2ccccc2)co1)C(=O)O. The van der Waals surface area contributed by atoms with Crippen LogP contribution in [0.4, 0.5) is 0 Å². The fourth-order valence-corrected chi connectivity index (χ4v) is 1.61. The Balaban J connectivity index is 2.15. The van der Waals surface area contributed by atoms with Gasteiger partial charge < -0.3 is 14.3 Å². The fraction of sp³-hybridized carbons (Fsp3) is 0.0625. The fourth-order valence-electron chi connectivity index (χ4n) is 1.61. The Hall–Kier alpha value is -3.33. The van der Waals surface area contributed by atoms with Crippen LogP contribution in [0.5, 0.6) is 5.75 Å². The van der Waals surface area contributed by atoms with Crippen LogP contribution >= 0.6 is 0 Å². The molecule has 0 atom stereocenters. The molecule has 0 saturated heterocycles. The van der Waals surface area contributed by atoms with Crippen molar-refractivity contribution in [3.63, 3.8) is 0 Å². The first-order valence-electron chi connectivity index (χ1n) is 6.25. The van der Waals surface area contributed by atoms with Crippen LogP contribution in [0.25, 0.3) is 6.08 Å². The molecule has 110 valence electrons. The molecule has 0 radical (unpaired) electrons. The van der Waals surface area contributed by atoms with Gasteiger partial charge in [0, 0.05) is 12.1 Å². The van der Waals surface area contributed by atoms with Crippen LogP contribution in [0.3, 0.4) is 0 Å². The number of carboxylic acid groups (broad SMARTS) is 1. The lowest BCUT2D eigenvalue weighted by Gasteiger charge is -2.05. The van der Waals surface area contributed by atoms with Crippen molar-refractivity contribution in [3.8, 4) is 11.8 Å². The van der Waals surface area contributed by atoms with Gasteiger partial charge in [-0.3, -0.25) is 4.79 Å².